The molecule has 0 saturated heterocycles. The van der Waals surface area contributed by atoms with E-state index in [4.69, 9.17) is 14.6 Å². The number of nitrogens with one attached hydrogen (secondary N) is 1. The van der Waals surface area contributed by atoms with Crippen LogP contribution in [0.25, 0.3) is 32.9 Å². The van der Waals surface area contributed by atoms with Crippen molar-refractivity contribution in [2.75, 3.05) is 17.3 Å². The number of rotatable bonds is 4. The van der Waals surface area contributed by atoms with Crippen molar-refractivity contribution in [2.24, 2.45) is 5.10 Å². The lowest BCUT2D eigenvalue weighted by Crippen LogP contribution is -2.20. The molecule has 0 spiro atoms. The van der Waals surface area contributed by atoms with Crippen molar-refractivity contribution >= 4 is 50.3 Å². The molecule has 254 valence electrons. The summed E-state index contributed by atoms with van der Waals surface area (Å²) >= 11 is 0. The van der Waals surface area contributed by atoms with Crippen molar-refractivity contribution in [3.05, 3.63) is 168 Å². The highest BCUT2D eigenvalue weighted by Gasteiger charge is 2.38. The SMILES string of the molecule is CNc1ccccc1/C(=N\n1c2ccccc2c2c3c4c(cc21)Oc1ccccc1N4c1ccccc1O3)c1ccc2c(c1)C(C)(C)c1ccccc1-2. The third kappa shape index (κ3) is 4.12. The fraction of sp³-hybridized carbons (Fsp3) is 0.0851. The Morgan fingerprint density at radius 3 is 2.13 bits per heavy atom. The second-order valence-electron chi connectivity index (χ2n) is 14.4. The molecule has 8 aromatic rings. The van der Waals surface area contributed by atoms with Gasteiger partial charge in [-0.15, -0.1) is 0 Å². The van der Waals surface area contributed by atoms with Gasteiger partial charge in [-0.25, -0.2) is 4.68 Å². The van der Waals surface area contributed by atoms with Gasteiger partial charge in [0.25, 0.3) is 0 Å². The predicted molar refractivity (Wildman–Crippen MR) is 215 cm³/mol. The maximum Gasteiger partial charge on any atom is 0.165 e. The largest absolute Gasteiger partial charge is 0.453 e. The van der Waals surface area contributed by atoms with Crippen LogP contribution >= 0.6 is 0 Å². The average Bonchev–Trinajstić information content (AvgIpc) is 3.64. The molecule has 0 amide bonds. The highest BCUT2D eigenvalue weighted by Crippen LogP contribution is 2.62. The smallest absolute Gasteiger partial charge is 0.165 e. The van der Waals surface area contributed by atoms with Gasteiger partial charge in [0, 0.05) is 40.7 Å². The van der Waals surface area contributed by atoms with E-state index in [1.165, 1.54) is 22.3 Å². The van der Waals surface area contributed by atoms with Crippen LogP contribution in [-0.2, 0) is 5.41 Å². The second kappa shape index (κ2) is 10.9. The van der Waals surface area contributed by atoms with Gasteiger partial charge in [-0.1, -0.05) is 111 Å². The standard InChI is InChI=1S/C47H34N4O2/c1-47(2)33-17-7-4-14-29(33)30-25-24-28(26-34(30)47)44(31-15-5-8-18-35(31)48-3)49-51-36-19-9-6-16-32(36)43-39(51)27-42-45-46(43)53-41-23-13-11-21-38(41)50(45)37-20-10-12-22-40(37)52-42/h4-27,48H,1-3H3/b49-44-. The van der Waals surface area contributed by atoms with E-state index in [-0.39, 0.29) is 5.41 Å². The maximum absolute atomic E-state index is 6.90. The van der Waals surface area contributed by atoms with E-state index >= 15 is 0 Å². The van der Waals surface area contributed by atoms with Crippen LogP contribution in [0.4, 0.5) is 22.7 Å². The van der Waals surface area contributed by atoms with Crippen molar-refractivity contribution in [3.63, 3.8) is 0 Å². The number of ether oxygens (including phenoxy) is 2. The van der Waals surface area contributed by atoms with Crippen LogP contribution in [0, 0.1) is 0 Å². The lowest BCUT2D eigenvalue weighted by molar-refractivity contribution is 0.450. The lowest BCUT2D eigenvalue weighted by Gasteiger charge is -2.38. The highest BCUT2D eigenvalue weighted by atomic mass is 16.5. The summed E-state index contributed by atoms with van der Waals surface area (Å²) in [7, 11) is 1.96. The zero-order chi connectivity index (χ0) is 35.4. The van der Waals surface area contributed by atoms with Gasteiger partial charge < -0.3 is 14.8 Å². The van der Waals surface area contributed by atoms with E-state index in [9.17, 15) is 0 Å². The Labute approximate surface area is 307 Å². The molecule has 3 aliphatic rings. The zero-order valence-corrected chi connectivity index (χ0v) is 29.5. The lowest BCUT2D eigenvalue weighted by atomic mass is 9.81. The Balaban J connectivity index is 1.21. The molecular formula is C47H34N4O2. The summed E-state index contributed by atoms with van der Waals surface area (Å²) < 4.78 is 15.7. The zero-order valence-electron chi connectivity index (χ0n) is 29.5. The number of para-hydroxylation sites is 6. The predicted octanol–water partition coefficient (Wildman–Crippen LogP) is 12.1. The number of benzene rings is 7. The molecular weight excluding hydrogens is 653 g/mol. The quantitative estimate of drug-likeness (QED) is 0.187. The second-order valence-corrected chi connectivity index (χ2v) is 14.4. The first-order valence-electron chi connectivity index (χ1n) is 18.1. The molecule has 0 radical (unpaired) electrons. The molecule has 11 rings (SSSR count). The Morgan fingerprint density at radius 2 is 1.30 bits per heavy atom. The molecule has 0 fully saturated rings. The van der Waals surface area contributed by atoms with Crippen LogP contribution in [0.15, 0.2) is 151 Å². The monoisotopic (exact) mass is 686 g/mol. The summed E-state index contributed by atoms with van der Waals surface area (Å²) in [5.74, 6) is 3.05. The first-order valence-corrected chi connectivity index (χ1v) is 18.1. The molecule has 3 heterocycles. The highest BCUT2D eigenvalue weighted by molar-refractivity contribution is 6.19. The van der Waals surface area contributed by atoms with Crippen LogP contribution < -0.4 is 19.7 Å². The molecule has 0 unspecified atom stereocenters. The minimum Gasteiger partial charge on any atom is -0.453 e. The molecule has 6 nitrogen and oxygen atoms in total. The van der Waals surface area contributed by atoms with Crippen LogP contribution in [0.1, 0.15) is 36.1 Å². The molecule has 1 aliphatic carbocycles. The van der Waals surface area contributed by atoms with E-state index in [0.717, 1.165) is 78.6 Å². The van der Waals surface area contributed by atoms with Gasteiger partial charge in [0.05, 0.1) is 27.8 Å². The van der Waals surface area contributed by atoms with Crippen molar-refractivity contribution in [1.29, 1.82) is 0 Å². The van der Waals surface area contributed by atoms with E-state index < -0.39 is 0 Å². The number of fused-ring (bicyclic) bond motifs is 11. The fourth-order valence-electron chi connectivity index (χ4n) is 8.72. The van der Waals surface area contributed by atoms with Gasteiger partial charge in [0.1, 0.15) is 11.4 Å². The first-order chi connectivity index (χ1) is 26.0. The molecule has 0 atom stereocenters. The Bertz CT molecular complexity index is 2870. The summed E-state index contributed by atoms with van der Waals surface area (Å²) in [6, 6.07) is 51.0. The molecule has 0 saturated carbocycles. The Kier molecular flexibility index (Phi) is 6.12. The molecule has 2 aliphatic heterocycles. The van der Waals surface area contributed by atoms with Crippen molar-refractivity contribution < 1.29 is 9.47 Å². The van der Waals surface area contributed by atoms with Crippen molar-refractivity contribution in [3.8, 4) is 34.1 Å². The minimum absolute atomic E-state index is 0.155. The maximum atomic E-state index is 6.90. The Morgan fingerprint density at radius 1 is 0.623 bits per heavy atom. The average molecular weight is 687 g/mol. The summed E-state index contributed by atoms with van der Waals surface area (Å²) in [4.78, 5) is 2.27. The van der Waals surface area contributed by atoms with E-state index in [1.54, 1.807) is 0 Å². The molecule has 1 N–H and O–H groups in total. The van der Waals surface area contributed by atoms with Gasteiger partial charge in [-0.2, -0.15) is 5.10 Å². The molecule has 53 heavy (non-hydrogen) atoms. The normalized spacial score (nSPS) is 14.5. The molecule has 6 heteroatoms. The van der Waals surface area contributed by atoms with Crippen LogP contribution in [0.3, 0.4) is 0 Å². The Hall–Kier alpha value is -6.79. The third-order valence-corrected chi connectivity index (χ3v) is 11.2. The van der Waals surface area contributed by atoms with Crippen molar-refractivity contribution in [1.82, 2.24) is 4.68 Å². The molecule has 7 aromatic carbocycles. The number of aromatic nitrogens is 1. The van der Waals surface area contributed by atoms with Crippen LogP contribution in [0.2, 0.25) is 0 Å². The fourth-order valence-corrected chi connectivity index (χ4v) is 8.72. The topological polar surface area (TPSA) is 51.0 Å². The van der Waals surface area contributed by atoms with Gasteiger partial charge in [-0.3, -0.25) is 4.90 Å². The number of hydrogen-bond acceptors (Lipinski definition) is 5. The van der Waals surface area contributed by atoms with Crippen LogP contribution in [-0.4, -0.2) is 17.4 Å². The van der Waals surface area contributed by atoms with Crippen molar-refractivity contribution in [2.45, 2.75) is 19.3 Å². The number of anilines is 4. The first kappa shape index (κ1) is 29.9. The van der Waals surface area contributed by atoms with E-state index in [2.05, 4.69) is 138 Å². The van der Waals surface area contributed by atoms with Gasteiger partial charge in [-0.05, 0) is 64.7 Å². The minimum atomic E-state index is -0.155. The summed E-state index contributed by atoms with van der Waals surface area (Å²) in [5, 5.41) is 11.1. The van der Waals surface area contributed by atoms with E-state index in [1.807, 2.05) is 43.4 Å². The summed E-state index contributed by atoms with van der Waals surface area (Å²) in [6.07, 6.45) is 0. The van der Waals surface area contributed by atoms with Gasteiger partial charge in [0.2, 0.25) is 0 Å². The van der Waals surface area contributed by atoms with Gasteiger partial charge in [0.15, 0.2) is 23.0 Å². The molecule has 0 bridgehead atoms. The van der Waals surface area contributed by atoms with Crippen LogP contribution in [0.5, 0.6) is 23.0 Å². The third-order valence-electron chi connectivity index (χ3n) is 11.2. The van der Waals surface area contributed by atoms with E-state index in [0.29, 0.717) is 5.75 Å². The number of nitrogens with zero attached hydrogens (tertiary/aromatic N) is 3. The number of hydrogen-bond donors (Lipinski definition) is 1. The van der Waals surface area contributed by atoms with Gasteiger partial charge >= 0.3 is 0 Å². The summed E-state index contributed by atoms with van der Waals surface area (Å²) in [6.45, 7) is 4.64. The molecule has 1 aromatic heterocycles. The summed E-state index contributed by atoms with van der Waals surface area (Å²) in [5.41, 5.74) is 13.7.